The van der Waals surface area contributed by atoms with E-state index in [-0.39, 0.29) is 17.4 Å². The second-order valence-corrected chi connectivity index (χ2v) is 5.24. The lowest BCUT2D eigenvalue weighted by Gasteiger charge is -2.26. The van der Waals surface area contributed by atoms with E-state index in [4.69, 9.17) is 0 Å². The van der Waals surface area contributed by atoms with Gasteiger partial charge in [-0.3, -0.25) is 4.79 Å². The molecule has 0 aromatic carbocycles. The molecule has 0 aliphatic carbocycles. The zero-order valence-corrected chi connectivity index (χ0v) is 11.4. The highest BCUT2D eigenvalue weighted by atomic mass is 16.2. The molecule has 5 heteroatoms. The van der Waals surface area contributed by atoms with E-state index in [0.717, 1.165) is 25.2 Å². The summed E-state index contributed by atoms with van der Waals surface area (Å²) in [4.78, 5) is 16.2. The van der Waals surface area contributed by atoms with E-state index < -0.39 is 0 Å². The van der Waals surface area contributed by atoms with E-state index in [9.17, 15) is 4.79 Å². The summed E-state index contributed by atoms with van der Waals surface area (Å²) in [6.07, 6.45) is 4.74. The molecule has 0 spiro atoms. The maximum atomic E-state index is 11.9. The first-order valence-electron chi connectivity index (χ1n) is 6.59. The molecule has 2 unspecified atom stereocenters. The average Bonchev–Trinajstić information content (AvgIpc) is 2.97. The smallest absolute Gasteiger partial charge is 0.242 e. The standard InChI is InChI=1S/C13H22N4O/c1-4-16-12(18)10(2)17-9-15-7-11(17)13(3)5-6-14-8-13/h7,9-10,14H,4-6,8H2,1-3H3,(H,16,18). The number of carbonyl (C=O) groups is 1. The molecule has 1 aliphatic rings. The summed E-state index contributed by atoms with van der Waals surface area (Å²) >= 11 is 0. The molecule has 2 N–H and O–H groups in total. The summed E-state index contributed by atoms with van der Waals surface area (Å²) in [6.45, 7) is 8.71. The van der Waals surface area contributed by atoms with Gasteiger partial charge < -0.3 is 15.2 Å². The number of carbonyl (C=O) groups excluding carboxylic acids is 1. The highest BCUT2D eigenvalue weighted by Gasteiger charge is 2.34. The zero-order valence-electron chi connectivity index (χ0n) is 11.4. The van der Waals surface area contributed by atoms with Crippen LogP contribution in [0.5, 0.6) is 0 Å². The van der Waals surface area contributed by atoms with Gasteiger partial charge in [0.15, 0.2) is 0 Å². The summed E-state index contributed by atoms with van der Waals surface area (Å²) < 4.78 is 2.00. The van der Waals surface area contributed by atoms with E-state index in [0.29, 0.717) is 6.54 Å². The molecular formula is C13H22N4O. The summed E-state index contributed by atoms with van der Waals surface area (Å²) in [6, 6.07) is -0.208. The maximum absolute atomic E-state index is 11.9. The predicted octanol–water partition coefficient (Wildman–Crippen LogP) is 0.831. The Balaban J connectivity index is 2.24. The minimum Gasteiger partial charge on any atom is -0.355 e. The van der Waals surface area contributed by atoms with Gasteiger partial charge in [-0.05, 0) is 26.8 Å². The lowest BCUT2D eigenvalue weighted by atomic mass is 9.86. The van der Waals surface area contributed by atoms with Crippen LogP contribution in [0.15, 0.2) is 12.5 Å². The molecule has 1 saturated heterocycles. The van der Waals surface area contributed by atoms with Crippen LogP contribution in [0.25, 0.3) is 0 Å². The fraction of sp³-hybridized carbons (Fsp3) is 0.692. The van der Waals surface area contributed by atoms with Gasteiger partial charge in [-0.25, -0.2) is 4.98 Å². The topological polar surface area (TPSA) is 59.0 Å². The van der Waals surface area contributed by atoms with Crippen molar-refractivity contribution in [2.45, 2.75) is 38.6 Å². The monoisotopic (exact) mass is 250 g/mol. The van der Waals surface area contributed by atoms with Gasteiger partial charge in [0.1, 0.15) is 6.04 Å². The van der Waals surface area contributed by atoms with Gasteiger partial charge >= 0.3 is 0 Å². The predicted molar refractivity (Wildman–Crippen MR) is 70.5 cm³/mol. The fourth-order valence-corrected chi connectivity index (χ4v) is 2.56. The first-order chi connectivity index (χ1) is 8.58. The average molecular weight is 250 g/mol. The zero-order chi connectivity index (χ0) is 13.2. The number of imidazole rings is 1. The fourth-order valence-electron chi connectivity index (χ4n) is 2.56. The summed E-state index contributed by atoms with van der Waals surface area (Å²) in [5.41, 5.74) is 1.23. The third-order valence-electron chi connectivity index (χ3n) is 3.80. The molecule has 1 fully saturated rings. The molecule has 0 radical (unpaired) electrons. The minimum absolute atomic E-state index is 0.0475. The molecule has 1 aliphatic heterocycles. The van der Waals surface area contributed by atoms with Gasteiger partial charge in [0, 0.05) is 30.4 Å². The van der Waals surface area contributed by atoms with Crippen molar-refractivity contribution in [1.82, 2.24) is 20.2 Å². The molecule has 2 rings (SSSR count). The van der Waals surface area contributed by atoms with E-state index in [2.05, 4.69) is 22.5 Å². The van der Waals surface area contributed by atoms with Gasteiger partial charge in [-0.2, -0.15) is 0 Å². The number of rotatable bonds is 4. The Bertz CT molecular complexity index is 420. The molecule has 0 bridgehead atoms. The quantitative estimate of drug-likeness (QED) is 0.832. The van der Waals surface area contributed by atoms with Crippen LogP contribution >= 0.6 is 0 Å². The molecule has 0 saturated carbocycles. The molecule has 100 valence electrons. The Labute approximate surface area is 108 Å². The minimum atomic E-state index is -0.208. The van der Waals surface area contributed by atoms with E-state index >= 15 is 0 Å². The van der Waals surface area contributed by atoms with Crippen LogP contribution in [0.1, 0.15) is 38.9 Å². The van der Waals surface area contributed by atoms with Crippen molar-refractivity contribution < 1.29 is 4.79 Å². The summed E-state index contributed by atoms with van der Waals surface area (Å²) in [7, 11) is 0. The van der Waals surface area contributed by atoms with Gasteiger partial charge in [0.05, 0.1) is 6.33 Å². The molecule has 18 heavy (non-hydrogen) atoms. The number of nitrogens with zero attached hydrogens (tertiary/aromatic N) is 2. The molecule has 5 nitrogen and oxygen atoms in total. The SMILES string of the molecule is CCNC(=O)C(C)n1cncc1C1(C)CCNC1. The van der Waals surface area contributed by atoms with Crippen LogP contribution in [0.3, 0.4) is 0 Å². The number of hydrogen-bond acceptors (Lipinski definition) is 3. The number of hydrogen-bond donors (Lipinski definition) is 2. The molecule has 2 atom stereocenters. The van der Waals surface area contributed by atoms with Gasteiger partial charge in [-0.15, -0.1) is 0 Å². The summed E-state index contributed by atoms with van der Waals surface area (Å²) in [5.74, 6) is 0.0475. The second kappa shape index (κ2) is 5.10. The lowest BCUT2D eigenvalue weighted by Crippen LogP contribution is -2.34. The first-order valence-corrected chi connectivity index (χ1v) is 6.59. The van der Waals surface area contributed by atoms with Gasteiger partial charge in [0.25, 0.3) is 0 Å². The van der Waals surface area contributed by atoms with Crippen LogP contribution in [0.2, 0.25) is 0 Å². The maximum Gasteiger partial charge on any atom is 0.242 e. The number of aromatic nitrogens is 2. The third-order valence-corrected chi connectivity index (χ3v) is 3.80. The van der Waals surface area contributed by atoms with Crippen molar-refractivity contribution in [3.8, 4) is 0 Å². The molecule has 1 aromatic rings. The van der Waals surface area contributed by atoms with Crippen molar-refractivity contribution in [2.24, 2.45) is 0 Å². The first kappa shape index (κ1) is 13.1. The van der Waals surface area contributed by atoms with Gasteiger partial charge in [0.2, 0.25) is 5.91 Å². The number of amides is 1. The lowest BCUT2D eigenvalue weighted by molar-refractivity contribution is -0.123. The Kier molecular flexibility index (Phi) is 3.71. The van der Waals surface area contributed by atoms with Crippen LogP contribution in [-0.4, -0.2) is 35.1 Å². The molecule has 1 aromatic heterocycles. The van der Waals surface area contributed by atoms with Crippen LogP contribution in [0, 0.1) is 0 Å². The van der Waals surface area contributed by atoms with Crippen molar-refractivity contribution >= 4 is 5.91 Å². The summed E-state index contributed by atoms with van der Waals surface area (Å²) in [5, 5.41) is 6.24. The normalized spacial score (nSPS) is 25.1. The molecule has 2 heterocycles. The number of likely N-dealkylation sites (N-methyl/N-ethyl adjacent to an activating group) is 1. The van der Waals surface area contributed by atoms with E-state index in [1.54, 1.807) is 6.33 Å². The van der Waals surface area contributed by atoms with Crippen LogP contribution < -0.4 is 10.6 Å². The Hall–Kier alpha value is -1.36. The third kappa shape index (κ3) is 2.27. The second-order valence-electron chi connectivity index (χ2n) is 5.24. The van der Waals surface area contributed by atoms with E-state index in [1.165, 1.54) is 0 Å². The van der Waals surface area contributed by atoms with Crippen molar-refractivity contribution in [3.05, 3.63) is 18.2 Å². The van der Waals surface area contributed by atoms with Crippen LogP contribution in [-0.2, 0) is 10.2 Å². The Morgan fingerprint density at radius 1 is 1.72 bits per heavy atom. The molecular weight excluding hydrogens is 228 g/mol. The van der Waals surface area contributed by atoms with Gasteiger partial charge in [-0.1, -0.05) is 6.92 Å². The van der Waals surface area contributed by atoms with Crippen molar-refractivity contribution in [2.75, 3.05) is 19.6 Å². The van der Waals surface area contributed by atoms with Crippen molar-refractivity contribution in [1.29, 1.82) is 0 Å². The van der Waals surface area contributed by atoms with Crippen LogP contribution in [0.4, 0.5) is 0 Å². The Morgan fingerprint density at radius 3 is 3.11 bits per heavy atom. The largest absolute Gasteiger partial charge is 0.355 e. The number of nitrogens with one attached hydrogen (secondary N) is 2. The molecule has 1 amide bonds. The highest BCUT2D eigenvalue weighted by molar-refractivity contribution is 5.79. The highest BCUT2D eigenvalue weighted by Crippen LogP contribution is 2.31. The van der Waals surface area contributed by atoms with E-state index in [1.807, 2.05) is 24.6 Å². The van der Waals surface area contributed by atoms with Crippen molar-refractivity contribution in [3.63, 3.8) is 0 Å². The Morgan fingerprint density at radius 2 is 2.50 bits per heavy atom.